The number of methoxy groups -OCH3 is 1. The van der Waals surface area contributed by atoms with Gasteiger partial charge in [0.2, 0.25) is 0 Å². The number of nitrogens with two attached hydrogens (primary N) is 1. The van der Waals surface area contributed by atoms with Crippen molar-refractivity contribution in [2.24, 2.45) is 5.73 Å². The Hall–Kier alpha value is -3.04. The number of ether oxygens (including phenoxy) is 3. The van der Waals surface area contributed by atoms with Crippen LogP contribution in [-0.4, -0.2) is 19.4 Å². The van der Waals surface area contributed by atoms with Crippen molar-refractivity contribution < 1.29 is 41.0 Å². The van der Waals surface area contributed by atoms with E-state index in [-0.39, 0.29) is 11.5 Å². The zero-order valence-electron chi connectivity index (χ0n) is 12.5. The van der Waals surface area contributed by atoms with E-state index in [0.29, 0.717) is 12.1 Å². The second-order valence-electron chi connectivity index (χ2n) is 4.59. The smallest absolute Gasteiger partial charge is 0.493 e. The van der Waals surface area contributed by atoms with Gasteiger partial charge in [-0.25, -0.2) is 8.78 Å². The first-order valence-electron chi connectivity index (χ1n) is 6.51. The molecule has 0 unspecified atom stereocenters. The second-order valence-corrected chi connectivity index (χ2v) is 4.59. The minimum absolute atomic E-state index is 0.0617. The maximum Gasteiger partial charge on any atom is 0.573 e. The lowest BCUT2D eigenvalue weighted by Crippen LogP contribution is -2.17. The number of carbonyl (C=O) groups excluding carboxylic acids is 1. The van der Waals surface area contributed by atoms with Crippen molar-refractivity contribution in [1.82, 2.24) is 0 Å². The van der Waals surface area contributed by atoms with Gasteiger partial charge in [0.1, 0.15) is 11.6 Å². The molecule has 0 aliphatic heterocycles. The van der Waals surface area contributed by atoms with Gasteiger partial charge in [0.25, 0.3) is 5.91 Å². The number of carbonyl (C=O) groups is 1. The topological polar surface area (TPSA) is 70.8 Å². The highest BCUT2D eigenvalue weighted by molar-refractivity contribution is 5.93. The van der Waals surface area contributed by atoms with Crippen molar-refractivity contribution in [1.29, 1.82) is 0 Å². The van der Waals surface area contributed by atoms with E-state index in [9.17, 15) is 26.7 Å². The monoisotopic (exact) mass is 363 g/mol. The van der Waals surface area contributed by atoms with E-state index in [1.54, 1.807) is 0 Å². The standard InChI is InChI=1S/C15H10F5NO4/c1-23-11-3-2-7(25-15(18,19)20)4-13(11)24-12-6-9(16)8(14(21)22)5-10(12)17/h2-6H,1H3,(H2,21,22). The van der Waals surface area contributed by atoms with Crippen molar-refractivity contribution in [3.63, 3.8) is 0 Å². The number of hydrogen-bond donors (Lipinski definition) is 1. The number of benzene rings is 2. The van der Waals surface area contributed by atoms with Crippen molar-refractivity contribution in [3.05, 3.63) is 47.5 Å². The molecule has 0 aromatic heterocycles. The Morgan fingerprint density at radius 2 is 1.68 bits per heavy atom. The average molecular weight is 363 g/mol. The summed E-state index contributed by atoms with van der Waals surface area (Å²) in [5.41, 5.74) is 4.18. The van der Waals surface area contributed by atoms with E-state index in [1.165, 1.54) is 7.11 Å². The first kappa shape index (κ1) is 18.3. The fourth-order valence-corrected chi connectivity index (χ4v) is 1.85. The van der Waals surface area contributed by atoms with Crippen LogP contribution in [0.4, 0.5) is 22.0 Å². The summed E-state index contributed by atoms with van der Waals surface area (Å²) >= 11 is 0. The Morgan fingerprint density at radius 1 is 1.00 bits per heavy atom. The Morgan fingerprint density at radius 3 is 2.24 bits per heavy atom. The molecule has 25 heavy (non-hydrogen) atoms. The normalized spacial score (nSPS) is 11.1. The van der Waals surface area contributed by atoms with Gasteiger partial charge in [0, 0.05) is 12.1 Å². The van der Waals surface area contributed by atoms with Crippen molar-refractivity contribution in [3.8, 4) is 23.0 Å². The molecule has 0 aliphatic carbocycles. The van der Waals surface area contributed by atoms with Crippen LogP contribution in [0.15, 0.2) is 30.3 Å². The lowest BCUT2D eigenvalue weighted by Gasteiger charge is -2.14. The van der Waals surface area contributed by atoms with Crippen LogP contribution in [0.25, 0.3) is 0 Å². The van der Waals surface area contributed by atoms with Gasteiger partial charge in [-0.2, -0.15) is 0 Å². The van der Waals surface area contributed by atoms with Crippen LogP contribution in [-0.2, 0) is 0 Å². The van der Waals surface area contributed by atoms with Gasteiger partial charge in [-0.05, 0) is 18.2 Å². The Kier molecular flexibility index (Phi) is 5.00. The third-order valence-electron chi connectivity index (χ3n) is 2.88. The fraction of sp³-hybridized carbons (Fsp3) is 0.133. The number of primary amides is 1. The molecule has 0 bridgehead atoms. The SMILES string of the molecule is COc1ccc(OC(F)(F)F)cc1Oc1cc(F)c(C(N)=O)cc1F. The van der Waals surface area contributed by atoms with Gasteiger partial charge in [-0.3, -0.25) is 4.79 Å². The van der Waals surface area contributed by atoms with E-state index < -0.39 is 41.0 Å². The lowest BCUT2D eigenvalue weighted by atomic mass is 10.2. The molecule has 0 saturated heterocycles. The molecular formula is C15H10F5NO4. The van der Waals surface area contributed by atoms with Crippen LogP contribution in [0.1, 0.15) is 10.4 Å². The summed E-state index contributed by atoms with van der Waals surface area (Å²) in [6.45, 7) is 0. The summed E-state index contributed by atoms with van der Waals surface area (Å²) in [5, 5.41) is 0. The Labute approximate surface area is 137 Å². The van der Waals surface area contributed by atoms with Crippen molar-refractivity contribution >= 4 is 5.91 Å². The highest BCUT2D eigenvalue weighted by atomic mass is 19.4. The predicted octanol–water partition coefficient (Wildman–Crippen LogP) is 3.76. The zero-order valence-corrected chi connectivity index (χ0v) is 12.5. The molecule has 0 saturated carbocycles. The van der Waals surface area contributed by atoms with Gasteiger partial charge in [0.05, 0.1) is 12.7 Å². The minimum Gasteiger partial charge on any atom is -0.493 e. The Balaban J connectivity index is 2.40. The molecule has 0 aliphatic rings. The van der Waals surface area contributed by atoms with Crippen LogP contribution >= 0.6 is 0 Å². The summed E-state index contributed by atoms with van der Waals surface area (Å²) < 4.78 is 78.1. The van der Waals surface area contributed by atoms with Gasteiger partial charge in [-0.1, -0.05) is 0 Å². The van der Waals surface area contributed by atoms with E-state index in [1.807, 2.05) is 0 Å². The van der Waals surface area contributed by atoms with Crippen LogP contribution in [0.3, 0.4) is 0 Å². The summed E-state index contributed by atoms with van der Waals surface area (Å²) in [6.07, 6.45) is -4.95. The van der Waals surface area contributed by atoms with Gasteiger partial charge >= 0.3 is 6.36 Å². The third kappa shape index (κ3) is 4.49. The number of rotatable bonds is 5. The molecule has 0 heterocycles. The molecule has 5 nitrogen and oxygen atoms in total. The predicted molar refractivity (Wildman–Crippen MR) is 74.6 cm³/mol. The first-order chi connectivity index (χ1) is 11.6. The maximum atomic E-state index is 13.9. The van der Waals surface area contributed by atoms with Crippen LogP contribution in [0.2, 0.25) is 0 Å². The molecule has 0 fully saturated rings. The third-order valence-corrected chi connectivity index (χ3v) is 2.88. The zero-order chi connectivity index (χ0) is 18.8. The molecule has 2 rings (SSSR count). The van der Waals surface area contributed by atoms with Crippen molar-refractivity contribution in [2.75, 3.05) is 7.11 Å². The summed E-state index contributed by atoms with van der Waals surface area (Å²) in [4.78, 5) is 11.0. The molecule has 2 aromatic carbocycles. The number of alkyl halides is 3. The highest BCUT2D eigenvalue weighted by Gasteiger charge is 2.31. The Bertz CT molecular complexity index is 807. The van der Waals surface area contributed by atoms with E-state index >= 15 is 0 Å². The molecule has 0 radical (unpaired) electrons. The van der Waals surface area contributed by atoms with E-state index in [4.69, 9.17) is 15.2 Å². The van der Waals surface area contributed by atoms with Crippen LogP contribution < -0.4 is 19.9 Å². The van der Waals surface area contributed by atoms with Crippen molar-refractivity contribution in [2.45, 2.75) is 6.36 Å². The lowest BCUT2D eigenvalue weighted by molar-refractivity contribution is -0.274. The quantitative estimate of drug-likeness (QED) is 0.821. The molecule has 0 atom stereocenters. The molecule has 1 amide bonds. The molecular weight excluding hydrogens is 353 g/mol. The van der Waals surface area contributed by atoms with Gasteiger partial charge in [-0.15, -0.1) is 13.2 Å². The largest absolute Gasteiger partial charge is 0.573 e. The average Bonchev–Trinajstić information content (AvgIpc) is 2.49. The summed E-state index contributed by atoms with van der Waals surface area (Å²) in [6, 6.07) is 3.86. The van der Waals surface area contributed by atoms with Crippen LogP contribution in [0.5, 0.6) is 23.0 Å². The summed E-state index contributed by atoms with van der Waals surface area (Å²) in [5.74, 6) is -5.28. The highest BCUT2D eigenvalue weighted by Crippen LogP contribution is 2.37. The summed E-state index contributed by atoms with van der Waals surface area (Å²) in [7, 11) is 1.19. The molecule has 10 heteroatoms. The number of hydrogen-bond acceptors (Lipinski definition) is 4. The molecule has 0 spiro atoms. The maximum absolute atomic E-state index is 13.9. The fourth-order valence-electron chi connectivity index (χ4n) is 1.85. The van der Waals surface area contributed by atoms with E-state index in [0.717, 1.165) is 18.2 Å². The van der Waals surface area contributed by atoms with E-state index in [2.05, 4.69) is 4.74 Å². The number of amides is 1. The molecule has 2 N–H and O–H groups in total. The van der Waals surface area contributed by atoms with Gasteiger partial charge in [0.15, 0.2) is 23.1 Å². The van der Waals surface area contributed by atoms with Gasteiger partial charge < -0.3 is 19.9 Å². The molecule has 134 valence electrons. The minimum atomic E-state index is -4.95. The number of halogens is 5. The van der Waals surface area contributed by atoms with Crippen LogP contribution in [0, 0.1) is 11.6 Å². The first-order valence-corrected chi connectivity index (χ1v) is 6.51. The molecule has 2 aromatic rings. The second kappa shape index (κ2) is 6.83.